The van der Waals surface area contributed by atoms with Crippen LogP contribution in [0.4, 0.5) is 16.3 Å². The molecule has 1 aromatic carbocycles. The Morgan fingerprint density at radius 1 is 1.22 bits per heavy atom. The molecule has 2 rings (SSSR count). The molecule has 0 saturated heterocycles. The highest BCUT2D eigenvalue weighted by atomic mass is 16.2. The van der Waals surface area contributed by atoms with E-state index in [1.807, 2.05) is 32.0 Å². The van der Waals surface area contributed by atoms with Gasteiger partial charge in [0.25, 0.3) is 0 Å². The number of amides is 3. The number of anilines is 2. The van der Waals surface area contributed by atoms with E-state index >= 15 is 0 Å². The maximum absolute atomic E-state index is 12.1. The van der Waals surface area contributed by atoms with Gasteiger partial charge in [0.05, 0.1) is 6.20 Å². The third-order valence-electron chi connectivity index (χ3n) is 3.12. The number of aromatic nitrogens is 3. The number of nitrogens with one attached hydrogen (secondary N) is 2. The molecule has 3 amide bonds. The molecule has 0 unspecified atom stereocenters. The Kier molecular flexibility index (Phi) is 4.95. The zero-order valence-electron chi connectivity index (χ0n) is 13.6. The highest BCUT2D eigenvalue weighted by Gasteiger charge is 2.10. The summed E-state index contributed by atoms with van der Waals surface area (Å²) in [5.41, 5.74) is 2.88. The van der Waals surface area contributed by atoms with Crippen LogP contribution >= 0.6 is 0 Å². The summed E-state index contributed by atoms with van der Waals surface area (Å²) in [5, 5.41) is 13.4. The second kappa shape index (κ2) is 6.91. The first-order chi connectivity index (χ1) is 10.8. The van der Waals surface area contributed by atoms with Crippen LogP contribution in [0, 0.1) is 13.8 Å². The van der Waals surface area contributed by atoms with Gasteiger partial charge in [0.15, 0.2) is 5.82 Å². The van der Waals surface area contributed by atoms with Crippen LogP contribution in [-0.4, -0.2) is 45.9 Å². The van der Waals surface area contributed by atoms with Gasteiger partial charge in [-0.05, 0) is 25.5 Å². The van der Waals surface area contributed by atoms with Crippen molar-refractivity contribution in [2.24, 2.45) is 0 Å². The number of aryl methyl sites for hydroxylation is 2. The molecule has 2 aromatic rings. The molecule has 122 valence electrons. The molecule has 23 heavy (non-hydrogen) atoms. The maximum Gasteiger partial charge on any atom is 0.322 e. The fourth-order valence-electron chi connectivity index (χ4n) is 1.92. The number of hydrogen-bond acceptors (Lipinski definition) is 4. The molecule has 8 nitrogen and oxygen atoms in total. The third kappa shape index (κ3) is 4.53. The van der Waals surface area contributed by atoms with E-state index in [1.165, 1.54) is 15.9 Å². The number of hydrogen-bond donors (Lipinski definition) is 2. The smallest absolute Gasteiger partial charge is 0.322 e. The van der Waals surface area contributed by atoms with E-state index in [9.17, 15) is 9.59 Å². The van der Waals surface area contributed by atoms with E-state index in [1.54, 1.807) is 14.1 Å². The predicted octanol–water partition coefficient (Wildman–Crippen LogP) is 1.63. The lowest BCUT2D eigenvalue weighted by molar-refractivity contribution is -0.117. The summed E-state index contributed by atoms with van der Waals surface area (Å²) < 4.78 is 0. The van der Waals surface area contributed by atoms with Gasteiger partial charge in [0.1, 0.15) is 6.54 Å². The summed E-state index contributed by atoms with van der Waals surface area (Å²) in [4.78, 5) is 26.2. The van der Waals surface area contributed by atoms with Crippen molar-refractivity contribution >= 4 is 23.4 Å². The van der Waals surface area contributed by atoms with Gasteiger partial charge < -0.3 is 10.2 Å². The average molecular weight is 316 g/mol. The molecule has 0 atom stereocenters. The summed E-state index contributed by atoms with van der Waals surface area (Å²) in [5.74, 6) is 0.0565. The van der Waals surface area contributed by atoms with Crippen LogP contribution in [0.5, 0.6) is 0 Å². The van der Waals surface area contributed by atoms with Crippen LogP contribution < -0.4 is 10.6 Å². The molecule has 0 spiro atoms. The van der Waals surface area contributed by atoms with Crippen molar-refractivity contribution in [2.75, 3.05) is 24.7 Å². The topological polar surface area (TPSA) is 92.2 Å². The van der Waals surface area contributed by atoms with Crippen LogP contribution in [0.15, 0.2) is 24.4 Å². The third-order valence-corrected chi connectivity index (χ3v) is 3.12. The highest BCUT2D eigenvalue weighted by Crippen LogP contribution is 2.15. The largest absolute Gasteiger partial charge is 0.331 e. The first-order valence-electron chi connectivity index (χ1n) is 7.10. The van der Waals surface area contributed by atoms with Crippen LogP contribution in [0.25, 0.3) is 0 Å². The summed E-state index contributed by atoms with van der Waals surface area (Å²) in [6.07, 6.45) is 1.39. The van der Waals surface area contributed by atoms with Crippen LogP contribution in [0.2, 0.25) is 0 Å². The number of benzene rings is 1. The molecule has 0 aliphatic rings. The number of carbonyl (C=O) groups excluding carboxylic acids is 2. The van der Waals surface area contributed by atoms with Gasteiger partial charge in [0, 0.05) is 19.8 Å². The number of nitrogens with zero attached hydrogens (tertiary/aromatic N) is 4. The van der Waals surface area contributed by atoms with Crippen molar-refractivity contribution < 1.29 is 9.59 Å². The number of urea groups is 1. The summed E-state index contributed by atoms with van der Waals surface area (Å²) in [6.45, 7) is 3.89. The average Bonchev–Trinajstić information content (AvgIpc) is 2.89. The summed E-state index contributed by atoms with van der Waals surface area (Å²) in [6, 6.07) is 5.49. The van der Waals surface area contributed by atoms with E-state index in [0.717, 1.165) is 16.8 Å². The lowest BCUT2D eigenvalue weighted by Crippen LogP contribution is -2.27. The van der Waals surface area contributed by atoms with E-state index in [4.69, 9.17) is 0 Å². The van der Waals surface area contributed by atoms with Crippen molar-refractivity contribution in [1.29, 1.82) is 0 Å². The molecule has 0 fully saturated rings. The minimum absolute atomic E-state index is 0.0366. The Hall–Kier alpha value is -2.90. The Bertz CT molecular complexity index is 723. The molecule has 1 heterocycles. The van der Waals surface area contributed by atoms with Crippen molar-refractivity contribution in [1.82, 2.24) is 19.9 Å². The van der Waals surface area contributed by atoms with Crippen LogP contribution in [0.3, 0.4) is 0 Å². The van der Waals surface area contributed by atoms with Gasteiger partial charge in [-0.15, -0.1) is 5.10 Å². The van der Waals surface area contributed by atoms with Gasteiger partial charge in [-0.1, -0.05) is 17.7 Å². The van der Waals surface area contributed by atoms with Gasteiger partial charge in [-0.2, -0.15) is 9.90 Å². The summed E-state index contributed by atoms with van der Waals surface area (Å²) >= 11 is 0. The second-order valence-corrected chi connectivity index (χ2v) is 5.45. The minimum Gasteiger partial charge on any atom is -0.331 e. The molecule has 0 bridgehead atoms. The normalized spacial score (nSPS) is 10.3. The quantitative estimate of drug-likeness (QED) is 0.896. The number of carbonyl (C=O) groups is 2. The van der Waals surface area contributed by atoms with Crippen molar-refractivity contribution in [3.63, 3.8) is 0 Å². The Morgan fingerprint density at radius 2 is 1.96 bits per heavy atom. The van der Waals surface area contributed by atoms with Crippen LogP contribution in [-0.2, 0) is 11.3 Å². The first-order valence-corrected chi connectivity index (χ1v) is 7.10. The Balaban J connectivity index is 1.95. The molecule has 0 aliphatic carbocycles. The van der Waals surface area contributed by atoms with E-state index in [-0.39, 0.29) is 18.5 Å². The molecular formula is C15H20N6O2. The van der Waals surface area contributed by atoms with E-state index < -0.39 is 0 Å². The maximum atomic E-state index is 12.1. The zero-order chi connectivity index (χ0) is 17.0. The number of rotatable bonds is 4. The molecule has 8 heteroatoms. The fraction of sp³-hybridized carbons (Fsp3) is 0.333. The van der Waals surface area contributed by atoms with Crippen LogP contribution in [0.1, 0.15) is 11.1 Å². The summed E-state index contributed by atoms with van der Waals surface area (Å²) in [7, 11) is 3.24. The monoisotopic (exact) mass is 316 g/mol. The molecule has 1 aromatic heterocycles. The van der Waals surface area contributed by atoms with Crippen molar-refractivity contribution in [2.45, 2.75) is 20.4 Å². The predicted molar refractivity (Wildman–Crippen MR) is 87.3 cm³/mol. The van der Waals surface area contributed by atoms with Gasteiger partial charge in [-0.25, -0.2) is 4.79 Å². The lowest BCUT2D eigenvalue weighted by Gasteiger charge is -2.09. The Labute approximate surface area is 134 Å². The van der Waals surface area contributed by atoms with E-state index in [2.05, 4.69) is 20.8 Å². The molecule has 0 aliphatic heterocycles. The Morgan fingerprint density at radius 3 is 2.61 bits per heavy atom. The second-order valence-electron chi connectivity index (χ2n) is 5.45. The molecule has 0 radical (unpaired) electrons. The lowest BCUT2D eigenvalue weighted by atomic mass is 10.1. The molecule has 0 saturated carbocycles. The fourth-order valence-corrected chi connectivity index (χ4v) is 1.92. The first kappa shape index (κ1) is 16.5. The highest BCUT2D eigenvalue weighted by molar-refractivity contribution is 5.91. The van der Waals surface area contributed by atoms with Gasteiger partial charge >= 0.3 is 6.03 Å². The zero-order valence-corrected chi connectivity index (χ0v) is 13.6. The standard InChI is InChI=1S/C15H20N6O2/c1-10-5-6-12(11(2)7-10)17-14(22)9-21-16-8-13(19-21)18-15(23)20(3)4/h5-8H,9H2,1-4H3,(H,17,22)(H,18,19,23). The molecular weight excluding hydrogens is 296 g/mol. The van der Waals surface area contributed by atoms with Gasteiger partial charge in [0.2, 0.25) is 5.91 Å². The molecule has 2 N–H and O–H groups in total. The van der Waals surface area contributed by atoms with Gasteiger partial charge in [-0.3, -0.25) is 10.1 Å². The van der Waals surface area contributed by atoms with E-state index in [0.29, 0.717) is 5.82 Å². The van der Waals surface area contributed by atoms with Crippen molar-refractivity contribution in [3.05, 3.63) is 35.5 Å². The van der Waals surface area contributed by atoms with Crippen molar-refractivity contribution in [3.8, 4) is 0 Å². The SMILES string of the molecule is Cc1ccc(NC(=O)Cn2ncc(NC(=O)N(C)C)n2)c(C)c1. The minimum atomic E-state index is -0.309.